The quantitative estimate of drug-likeness (QED) is 0.0127. The number of thiol groups is 2. The summed E-state index contributed by atoms with van der Waals surface area (Å²) in [5.41, 5.74) is 34.2. The molecule has 1 aromatic carbocycles. The fraction of sp³-hybridized carbons (Fsp3) is 0.590. The van der Waals surface area contributed by atoms with Crippen molar-refractivity contribution in [2.24, 2.45) is 45.3 Å². The van der Waals surface area contributed by atoms with E-state index in [1.54, 1.807) is 44.2 Å². The van der Waals surface area contributed by atoms with E-state index in [4.69, 9.17) is 34.4 Å². The summed E-state index contributed by atoms with van der Waals surface area (Å²) in [6.45, 7) is 2.91. The van der Waals surface area contributed by atoms with Crippen molar-refractivity contribution < 1.29 is 87.2 Å². The number of carboxylic acid groups (broad SMARTS) is 2. The van der Waals surface area contributed by atoms with Gasteiger partial charge in [-0.3, -0.25) is 72.1 Å². The van der Waals surface area contributed by atoms with Crippen LogP contribution >= 0.6 is 25.3 Å². The lowest BCUT2D eigenvalue weighted by molar-refractivity contribution is -0.149. The molecule has 38 nitrogen and oxygen atoms in total. The van der Waals surface area contributed by atoms with Crippen molar-refractivity contribution in [1.82, 2.24) is 68.0 Å². The molecule has 26 N–H and O–H groups in total. The van der Waals surface area contributed by atoms with Crippen LogP contribution in [0.5, 0.6) is 0 Å². The average molecular weight is 1460 g/mol. The molecule has 1 aromatic heterocycles. The third-order valence-electron chi connectivity index (χ3n) is 15.6. The van der Waals surface area contributed by atoms with Gasteiger partial charge in [0.1, 0.15) is 72.5 Å². The summed E-state index contributed by atoms with van der Waals surface area (Å²) in [4.78, 5) is 215. The molecule has 0 spiro atoms. The number of H-pyrrole nitrogens is 1. The second-order valence-electron chi connectivity index (χ2n) is 24.2. The number of aliphatic hydroxyl groups is 1. The fourth-order valence-electron chi connectivity index (χ4n) is 10.3. The number of imidazole rings is 1. The first-order chi connectivity index (χ1) is 47.8. The van der Waals surface area contributed by atoms with Crippen LogP contribution in [0, 0.1) is 5.92 Å². The van der Waals surface area contributed by atoms with Gasteiger partial charge in [0.2, 0.25) is 76.8 Å². The third-order valence-corrected chi connectivity index (χ3v) is 16.4. The van der Waals surface area contributed by atoms with Crippen molar-refractivity contribution in [3.8, 4) is 0 Å². The predicted molar refractivity (Wildman–Crippen MR) is 368 cm³/mol. The molecular weight excluding hydrogens is 1360 g/mol. The van der Waals surface area contributed by atoms with Gasteiger partial charge in [0.15, 0.2) is 5.96 Å². The first-order valence-corrected chi connectivity index (χ1v) is 33.8. The van der Waals surface area contributed by atoms with Crippen molar-refractivity contribution in [2.75, 3.05) is 37.7 Å². The summed E-state index contributed by atoms with van der Waals surface area (Å²) in [6, 6.07) is -10.0. The summed E-state index contributed by atoms with van der Waals surface area (Å²) < 4.78 is 0. The van der Waals surface area contributed by atoms with Gasteiger partial charge in [0, 0.05) is 62.2 Å². The van der Waals surface area contributed by atoms with Gasteiger partial charge in [0.25, 0.3) is 0 Å². The number of likely N-dealkylation sites (tertiary alicyclic amines) is 1. The number of hydrogen-bond donors (Lipinski definition) is 22. The monoisotopic (exact) mass is 1460 g/mol. The molecule has 0 radical (unpaired) electrons. The molecule has 13 amide bonds. The average Bonchev–Trinajstić information content (AvgIpc) is 1.69. The minimum Gasteiger partial charge on any atom is -0.481 e. The van der Waals surface area contributed by atoms with Crippen molar-refractivity contribution in [3.05, 3.63) is 54.1 Å². The summed E-state index contributed by atoms with van der Waals surface area (Å²) >= 11 is 8.41. The summed E-state index contributed by atoms with van der Waals surface area (Å²) in [6.07, 6.45) is -0.431. The molecule has 2 heterocycles. The van der Waals surface area contributed by atoms with E-state index in [0.717, 1.165) is 4.90 Å². The minimum absolute atomic E-state index is 0.0243. The summed E-state index contributed by atoms with van der Waals surface area (Å²) in [5.74, 6) is -17.4. The van der Waals surface area contributed by atoms with Gasteiger partial charge < -0.3 is 113 Å². The molecule has 40 heteroatoms. The van der Waals surface area contributed by atoms with Crippen molar-refractivity contribution in [3.63, 3.8) is 0 Å². The molecule has 1 aliphatic rings. The van der Waals surface area contributed by atoms with Crippen LogP contribution in [0.4, 0.5) is 0 Å². The van der Waals surface area contributed by atoms with E-state index in [2.05, 4.69) is 93.4 Å². The maximum Gasteiger partial charge on any atom is 0.326 e. The lowest BCUT2D eigenvalue weighted by Gasteiger charge is -2.29. The number of nitrogens with one attached hydrogen (secondary N) is 11. The predicted octanol–water partition coefficient (Wildman–Crippen LogP) is -7.47. The number of aliphatic hydroxyl groups excluding tert-OH is 1. The number of benzene rings is 1. The van der Waals surface area contributed by atoms with Crippen molar-refractivity contribution in [2.45, 2.75) is 183 Å². The first-order valence-electron chi connectivity index (χ1n) is 32.5. The van der Waals surface area contributed by atoms with Crippen LogP contribution in [0.1, 0.15) is 109 Å². The number of primary amides is 2. The van der Waals surface area contributed by atoms with E-state index < -0.39 is 218 Å². The summed E-state index contributed by atoms with van der Waals surface area (Å²) in [7, 11) is 0. The van der Waals surface area contributed by atoms with E-state index in [1.807, 2.05) is 0 Å². The van der Waals surface area contributed by atoms with Gasteiger partial charge >= 0.3 is 11.9 Å². The van der Waals surface area contributed by atoms with E-state index in [0.29, 0.717) is 12.0 Å². The second kappa shape index (κ2) is 44.5. The molecule has 1 fully saturated rings. The van der Waals surface area contributed by atoms with Crippen LogP contribution in [0.2, 0.25) is 0 Å². The highest BCUT2D eigenvalue weighted by Crippen LogP contribution is 2.20. The number of aliphatic imine (C=N–C) groups is 1. The Bertz CT molecular complexity index is 3190. The highest BCUT2D eigenvalue weighted by Gasteiger charge is 2.40. The van der Waals surface area contributed by atoms with Crippen LogP contribution in [0.15, 0.2) is 47.8 Å². The number of aromatic amines is 1. The Kier molecular flexibility index (Phi) is 37.7. The zero-order chi connectivity index (χ0) is 75.5. The molecule has 0 unspecified atom stereocenters. The zero-order valence-corrected chi connectivity index (χ0v) is 57.9. The highest BCUT2D eigenvalue weighted by molar-refractivity contribution is 7.80. The van der Waals surface area contributed by atoms with E-state index in [9.17, 15) is 87.2 Å². The Balaban J connectivity index is 1.90. The summed E-state index contributed by atoms with van der Waals surface area (Å²) in [5, 5.41) is 53.5. The Labute approximate surface area is 592 Å². The third kappa shape index (κ3) is 30.8. The molecule has 12 atom stereocenters. The highest BCUT2D eigenvalue weighted by atomic mass is 32.1. The molecule has 0 saturated carbocycles. The van der Waals surface area contributed by atoms with Gasteiger partial charge in [-0.15, -0.1) is 0 Å². The SMILES string of the molecule is CC(C)C[C@H](NC(=O)[C@H](Cc1ccccc1)NC(=O)[C@@H](N)CO)C(=O)N[C@@H](CCC(N)=O)C(=O)N[C@@H](Cc1cnc[nH]1)C(=O)N[C@@H](CC(N)=O)C(=O)N[C@@H](CCCCN)C(=O)N[C@@H](CS)C(=O)N[C@@H](CCC(=O)O)C(=O)N[C@@H](CS)C(=O)N[C@@H](CCCN=C(N)N)C(=O)N1CCC[C@H]1C(=O)O. The van der Waals surface area contributed by atoms with Crippen LogP contribution in [-0.4, -0.2) is 235 Å². The van der Waals surface area contributed by atoms with Gasteiger partial charge in [-0.05, 0) is 82.2 Å². The van der Waals surface area contributed by atoms with Crippen LogP contribution in [0.25, 0.3) is 0 Å². The fourth-order valence-corrected chi connectivity index (χ4v) is 10.8. The lowest BCUT2D eigenvalue weighted by atomic mass is 10.00. The normalized spacial score (nSPS) is 15.8. The number of aliphatic carboxylic acids is 2. The van der Waals surface area contributed by atoms with Crippen molar-refractivity contribution >= 4 is 120 Å². The number of hydrogen-bond acceptors (Lipinski definition) is 22. The number of carbonyl (C=O) groups excluding carboxylic acids is 13. The molecular formula is C61H96N20O18S2. The zero-order valence-electron chi connectivity index (χ0n) is 56.1. The van der Waals surface area contributed by atoms with Crippen LogP contribution in [-0.2, 0) is 84.8 Å². The maximum absolute atomic E-state index is 14.5. The van der Waals surface area contributed by atoms with Crippen LogP contribution < -0.4 is 87.6 Å². The minimum atomic E-state index is -1.91. The van der Waals surface area contributed by atoms with E-state index in [-0.39, 0.29) is 88.6 Å². The number of nitrogens with zero attached hydrogens (tertiary/aromatic N) is 3. The maximum atomic E-state index is 14.5. The molecule has 2 aromatic rings. The number of rotatable bonds is 47. The van der Waals surface area contributed by atoms with Gasteiger partial charge in [-0.1, -0.05) is 44.2 Å². The van der Waals surface area contributed by atoms with Gasteiger partial charge in [-0.25, -0.2) is 9.78 Å². The first kappa shape index (κ1) is 85.6. The molecule has 560 valence electrons. The van der Waals surface area contributed by atoms with Crippen LogP contribution in [0.3, 0.4) is 0 Å². The van der Waals surface area contributed by atoms with Gasteiger partial charge in [-0.2, -0.15) is 25.3 Å². The lowest BCUT2D eigenvalue weighted by Crippen LogP contribution is -2.61. The molecule has 1 aliphatic heterocycles. The molecule has 0 aliphatic carbocycles. The molecule has 3 rings (SSSR count). The number of nitrogens with two attached hydrogens (primary N) is 6. The van der Waals surface area contributed by atoms with Crippen molar-refractivity contribution in [1.29, 1.82) is 0 Å². The molecule has 101 heavy (non-hydrogen) atoms. The number of aromatic nitrogens is 2. The van der Waals surface area contributed by atoms with E-state index in [1.165, 1.54) is 12.5 Å². The number of amides is 13. The number of carbonyl (C=O) groups is 15. The number of carboxylic acids is 2. The number of unbranched alkanes of at least 4 members (excludes halogenated alkanes) is 1. The Morgan fingerprint density at radius 1 is 0.584 bits per heavy atom. The van der Waals surface area contributed by atoms with Gasteiger partial charge in [0.05, 0.1) is 19.4 Å². The largest absolute Gasteiger partial charge is 0.481 e. The second-order valence-corrected chi connectivity index (χ2v) is 25.0. The Morgan fingerprint density at radius 2 is 1.05 bits per heavy atom. The van der Waals surface area contributed by atoms with E-state index >= 15 is 0 Å². The Hall–Kier alpha value is -9.67. The Morgan fingerprint density at radius 3 is 1.54 bits per heavy atom. The molecule has 1 saturated heterocycles. The smallest absolute Gasteiger partial charge is 0.326 e. The standard InChI is InChI=1S/C61H96N20O18S2/c1-31(2)22-39(76-54(92)40(75-49(87)34(63)27-82)23-32-10-4-3-5-11-32)53(91)72-36(15-17-46(64)83)51(89)77-41(24-33-26-68-30-70-33)55(93)78-42(25-47(65)84)56(94)71-35(12-6-7-19-62)50(88)79-43(28-100)57(95)73-37(16-18-48(85)86)52(90)80-44(29-101)58(96)74-38(13-8-20-69-61(66)67)59(97)81-21-9-14-45(81)60(98)99/h3-5,10-11,26,30-31,34-45,82,100-101H,6-9,12-25,27-29,62-63H2,1-2H3,(H2,64,83)(H2,65,84)(H,68,70)(H,71,94)(H,72,91)(H,73,95)(H,74,96)(H,75,87)(H,76,92)(H,77,89)(H,78,93)(H,79,88)(H,80,90)(H,85,86)(H,98,99)(H4,66,67,69)/t34-,35-,36-,37-,38-,39-,40-,41-,42-,43-,44-,45-/m0/s1. The topological polar surface area (TPSA) is 637 Å². The number of guanidine groups is 1. The molecule has 0 bridgehead atoms.